The first-order valence-electron chi connectivity index (χ1n) is 9.30. The number of carbonyl (C=O) groups is 2. The number of hydrogen-bond donors (Lipinski definition) is 1. The molecular formula is C22H26Cl2N2O2S. The van der Waals surface area contributed by atoms with E-state index in [4.69, 9.17) is 23.2 Å². The second-order valence-corrected chi connectivity index (χ2v) is 9.60. The quantitative estimate of drug-likeness (QED) is 0.570. The Morgan fingerprint density at radius 3 is 2.17 bits per heavy atom. The summed E-state index contributed by atoms with van der Waals surface area (Å²) in [6.07, 6.45) is 0. The molecule has 1 atom stereocenters. The predicted molar refractivity (Wildman–Crippen MR) is 122 cm³/mol. The van der Waals surface area contributed by atoms with E-state index in [0.29, 0.717) is 15.6 Å². The summed E-state index contributed by atoms with van der Waals surface area (Å²) in [5.74, 6) is -0.177. The molecule has 29 heavy (non-hydrogen) atoms. The van der Waals surface area contributed by atoms with Crippen LogP contribution in [0.5, 0.6) is 0 Å². The highest BCUT2D eigenvalue weighted by Gasteiger charge is 2.29. The molecule has 0 unspecified atom stereocenters. The minimum Gasteiger partial charge on any atom is -0.350 e. The molecule has 2 rings (SSSR count). The standard InChI is InChI=1S/C22H26Cl2N2O2S/c1-15(21(28)25-22(2,3)4)26(13-17-18(23)11-8-12-19(17)24)20(27)14-29-16-9-6-5-7-10-16/h5-12,15H,13-14H2,1-4H3,(H,25,28)/t15-/m1/s1. The summed E-state index contributed by atoms with van der Waals surface area (Å²) in [6, 6.07) is 14.2. The van der Waals surface area contributed by atoms with Gasteiger partial charge in [-0.15, -0.1) is 11.8 Å². The molecule has 0 aromatic heterocycles. The van der Waals surface area contributed by atoms with Gasteiger partial charge in [0, 0.05) is 32.6 Å². The molecule has 0 bridgehead atoms. The Morgan fingerprint density at radius 2 is 1.62 bits per heavy atom. The number of benzene rings is 2. The van der Waals surface area contributed by atoms with Crippen LogP contribution in [0, 0.1) is 0 Å². The highest BCUT2D eigenvalue weighted by molar-refractivity contribution is 8.00. The van der Waals surface area contributed by atoms with E-state index in [9.17, 15) is 9.59 Å². The van der Waals surface area contributed by atoms with Gasteiger partial charge in [-0.05, 0) is 52.0 Å². The van der Waals surface area contributed by atoms with E-state index in [1.807, 2.05) is 51.1 Å². The van der Waals surface area contributed by atoms with Gasteiger partial charge in [-0.2, -0.15) is 0 Å². The van der Waals surface area contributed by atoms with E-state index >= 15 is 0 Å². The van der Waals surface area contributed by atoms with Crippen molar-refractivity contribution in [2.45, 2.75) is 50.7 Å². The van der Waals surface area contributed by atoms with Crippen molar-refractivity contribution in [2.75, 3.05) is 5.75 Å². The van der Waals surface area contributed by atoms with E-state index in [-0.39, 0.29) is 24.1 Å². The minimum atomic E-state index is -0.676. The fraction of sp³-hybridized carbons (Fsp3) is 0.364. The molecule has 1 N–H and O–H groups in total. The van der Waals surface area contributed by atoms with E-state index in [1.165, 1.54) is 16.7 Å². The maximum absolute atomic E-state index is 13.1. The number of hydrogen-bond acceptors (Lipinski definition) is 3. The van der Waals surface area contributed by atoms with Gasteiger partial charge in [-0.25, -0.2) is 0 Å². The lowest BCUT2D eigenvalue weighted by Gasteiger charge is -2.32. The smallest absolute Gasteiger partial charge is 0.242 e. The highest BCUT2D eigenvalue weighted by atomic mass is 35.5. The average molecular weight is 453 g/mol. The normalized spacial score (nSPS) is 12.3. The van der Waals surface area contributed by atoms with E-state index < -0.39 is 11.6 Å². The number of nitrogens with one attached hydrogen (secondary N) is 1. The molecule has 0 saturated carbocycles. The monoisotopic (exact) mass is 452 g/mol. The zero-order chi connectivity index (χ0) is 21.6. The second kappa shape index (κ2) is 10.4. The van der Waals surface area contributed by atoms with Crippen LogP contribution in [0.25, 0.3) is 0 Å². The third-order valence-corrected chi connectivity index (χ3v) is 5.87. The van der Waals surface area contributed by atoms with E-state index in [0.717, 1.165) is 4.90 Å². The molecule has 0 radical (unpaired) electrons. The Hall–Kier alpha value is -1.69. The summed E-state index contributed by atoms with van der Waals surface area (Å²) in [5.41, 5.74) is 0.227. The molecule has 0 aliphatic carbocycles. The van der Waals surface area contributed by atoms with Crippen LogP contribution >= 0.6 is 35.0 Å². The summed E-state index contributed by atoms with van der Waals surface area (Å²) in [6.45, 7) is 7.59. The van der Waals surface area contributed by atoms with Gasteiger partial charge in [0.2, 0.25) is 11.8 Å². The van der Waals surface area contributed by atoms with Crippen molar-refractivity contribution >= 4 is 46.8 Å². The summed E-state index contributed by atoms with van der Waals surface area (Å²) in [7, 11) is 0. The van der Waals surface area contributed by atoms with Gasteiger partial charge in [-0.3, -0.25) is 9.59 Å². The number of rotatable bonds is 7. The topological polar surface area (TPSA) is 49.4 Å². The number of nitrogens with zero attached hydrogens (tertiary/aromatic N) is 1. The fourth-order valence-corrected chi connectivity index (χ4v) is 3.98. The third kappa shape index (κ3) is 7.25. The fourth-order valence-electron chi connectivity index (χ4n) is 2.66. The molecule has 156 valence electrons. The van der Waals surface area contributed by atoms with Gasteiger partial charge < -0.3 is 10.2 Å². The maximum atomic E-state index is 13.1. The SMILES string of the molecule is C[C@H](C(=O)NC(C)(C)C)N(Cc1c(Cl)cccc1Cl)C(=O)CSc1ccccc1. The Bertz CT molecular complexity index is 833. The summed E-state index contributed by atoms with van der Waals surface area (Å²) < 4.78 is 0. The number of amides is 2. The largest absolute Gasteiger partial charge is 0.350 e. The first-order chi connectivity index (χ1) is 13.6. The lowest BCUT2D eigenvalue weighted by molar-refractivity contribution is -0.139. The number of carbonyl (C=O) groups excluding carboxylic acids is 2. The molecule has 0 aliphatic heterocycles. The zero-order valence-electron chi connectivity index (χ0n) is 17.0. The Labute approximate surface area is 187 Å². The van der Waals surface area contributed by atoms with Crippen LogP contribution in [0.15, 0.2) is 53.4 Å². The molecule has 4 nitrogen and oxygen atoms in total. The van der Waals surface area contributed by atoms with Crippen LogP contribution in [0.2, 0.25) is 10.0 Å². The first kappa shape index (κ1) is 23.6. The van der Waals surface area contributed by atoms with Crippen molar-refractivity contribution < 1.29 is 9.59 Å². The molecule has 0 saturated heterocycles. The van der Waals surface area contributed by atoms with Crippen LogP contribution in [0.3, 0.4) is 0 Å². The molecule has 7 heteroatoms. The van der Waals surface area contributed by atoms with Crippen LogP contribution < -0.4 is 5.32 Å². The molecular weight excluding hydrogens is 427 g/mol. The Kier molecular flexibility index (Phi) is 8.44. The molecule has 2 amide bonds. The molecule has 0 fully saturated rings. The van der Waals surface area contributed by atoms with Crippen molar-refractivity contribution in [3.63, 3.8) is 0 Å². The Balaban J connectivity index is 2.24. The average Bonchev–Trinajstić information content (AvgIpc) is 2.65. The van der Waals surface area contributed by atoms with Crippen molar-refractivity contribution in [1.29, 1.82) is 0 Å². The van der Waals surface area contributed by atoms with Gasteiger partial charge >= 0.3 is 0 Å². The lowest BCUT2D eigenvalue weighted by atomic mass is 10.1. The molecule has 2 aromatic rings. The van der Waals surface area contributed by atoms with Gasteiger partial charge in [0.25, 0.3) is 0 Å². The minimum absolute atomic E-state index is 0.158. The molecule has 0 heterocycles. The summed E-state index contributed by atoms with van der Waals surface area (Å²) in [4.78, 5) is 28.4. The lowest BCUT2D eigenvalue weighted by Crippen LogP contribution is -2.52. The Morgan fingerprint density at radius 1 is 1.03 bits per heavy atom. The van der Waals surface area contributed by atoms with Crippen LogP contribution in [0.4, 0.5) is 0 Å². The third-order valence-electron chi connectivity index (χ3n) is 4.16. The van der Waals surface area contributed by atoms with Gasteiger partial charge in [0.1, 0.15) is 6.04 Å². The van der Waals surface area contributed by atoms with Crippen molar-refractivity contribution in [3.8, 4) is 0 Å². The highest BCUT2D eigenvalue weighted by Crippen LogP contribution is 2.27. The zero-order valence-corrected chi connectivity index (χ0v) is 19.4. The van der Waals surface area contributed by atoms with Gasteiger partial charge in [0.05, 0.1) is 5.75 Å². The molecule has 2 aromatic carbocycles. The number of thioether (sulfide) groups is 1. The van der Waals surface area contributed by atoms with Crippen LogP contribution in [-0.2, 0) is 16.1 Å². The van der Waals surface area contributed by atoms with E-state index in [1.54, 1.807) is 25.1 Å². The summed E-state index contributed by atoms with van der Waals surface area (Å²) in [5, 5.41) is 3.87. The summed E-state index contributed by atoms with van der Waals surface area (Å²) >= 11 is 14.1. The van der Waals surface area contributed by atoms with Gasteiger partial charge in [-0.1, -0.05) is 47.5 Å². The molecule has 0 aliphatic rings. The second-order valence-electron chi connectivity index (χ2n) is 7.74. The first-order valence-corrected chi connectivity index (χ1v) is 11.0. The van der Waals surface area contributed by atoms with Gasteiger partial charge in [0.15, 0.2) is 0 Å². The van der Waals surface area contributed by atoms with Crippen molar-refractivity contribution in [2.24, 2.45) is 0 Å². The molecule has 0 spiro atoms. The van der Waals surface area contributed by atoms with Crippen LogP contribution in [-0.4, -0.2) is 34.0 Å². The van der Waals surface area contributed by atoms with E-state index in [2.05, 4.69) is 5.32 Å². The predicted octanol–water partition coefficient (Wildman–Crippen LogP) is 5.42. The number of halogens is 2. The van der Waals surface area contributed by atoms with Crippen molar-refractivity contribution in [3.05, 3.63) is 64.1 Å². The maximum Gasteiger partial charge on any atom is 0.242 e. The van der Waals surface area contributed by atoms with Crippen LogP contribution in [0.1, 0.15) is 33.3 Å². The van der Waals surface area contributed by atoms with Crippen molar-refractivity contribution in [1.82, 2.24) is 10.2 Å².